The van der Waals surface area contributed by atoms with Crippen molar-refractivity contribution < 1.29 is 9.72 Å². The van der Waals surface area contributed by atoms with Gasteiger partial charge in [-0.1, -0.05) is 12.1 Å². The topological polar surface area (TPSA) is 78.7 Å². The Balaban J connectivity index is 1.89. The number of likely N-dealkylation sites (tertiary alicyclic amines) is 1. The highest BCUT2D eigenvalue weighted by atomic mass is 16.6. The Bertz CT molecular complexity index is 583. The van der Waals surface area contributed by atoms with Crippen LogP contribution in [0.15, 0.2) is 24.3 Å². The van der Waals surface area contributed by atoms with E-state index in [1.165, 1.54) is 6.07 Å². The van der Waals surface area contributed by atoms with Gasteiger partial charge in [-0.05, 0) is 45.7 Å². The predicted molar refractivity (Wildman–Crippen MR) is 94.2 cm³/mol. The average molecular weight is 334 g/mol. The number of anilines is 1. The van der Waals surface area contributed by atoms with Crippen LogP contribution in [-0.4, -0.2) is 53.5 Å². The molecule has 0 saturated carbocycles. The van der Waals surface area contributed by atoms with Gasteiger partial charge >= 0.3 is 6.03 Å². The summed E-state index contributed by atoms with van der Waals surface area (Å²) in [6.45, 7) is 6.76. The van der Waals surface area contributed by atoms with Crippen molar-refractivity contribution in [1.82, 2.24) is 9.80 Å². The van der Waals surface area contributed by atoms with Crippen LogP contribution in [0.25, 0.3) is 0 Å². The molecule has 0 atom stereocenters. The third kappa shape index (κ3) is 4.67. The molecule has 7 heteroatoms. The number of para-hydroxylation sites is 2. The second kappa shape index (κ2) is 8.10. The first kappa shape index (κ1) is 18.2. The summed E-state index contributed by atoms with van der Waals surface area (Å²) in [7, 11) is 2.12. The molecule has 0 radical (unpaired) electrons. The molecule has 2 amide bonds. The standard InChI is InChI=1S/C17H26N4O3/c1-13(2)19(3)12-14-8-10-20(11-9-14)17(22)18-15-6-4-5-7-16(15)21(23)24/h4-7,13-14H,8-12H2,1-3H3,(H,18,22). The summed E-state index contributed by atoms with van der Waals surface area (Å²) in [4.78, 5) is 27.0. The van der Waals surface area contributed by atoms with Gasteiger partial charge in [0.1, 0.15) is 5.69 Å². The van der Waals surface area contributed by atoms with E-state index in [4.69, 9.17) is 0 Å². The molecule has 0 unspecified atom stereocenters. The zero-order chi connectivity index (χ0) is 17.7. The Morgan fingerprint density at radius 2 is 2.00 bits per heavy atom. The van der Waals surface area contributed by atoms with Gasteiger partial charge in [-0.15, -0.1) is 0 Å². The zero-order valence-electron chi connectivity index (χ0n) is 14.6. The number of nitro benzene ring substituents is 1. The highest BCUT2D eigenvalue weighted by Gasteiger charge is 2.25. The zero-order valence-corrected chi connectivity index (χ0v) is 14.6. The summed E-state index contributed by atoms with van der Waals surface area (Å²) in [5.41, 5.74) is 0.161. The molecule has 7 nitrogen and oxygen atoms in total. The molecule has 0 bridgehead atoms. The van der Waals surface area contributed by atoms with E-state index in [9.17, 15) is 14.9 Å². The molecule has 1 aromatic carbocycles. The van der Waals surface area contributed by atoms with Crippen molar-refractivity contribution in [3.63, 3.8) is 0 Å². The van der Waals surface area contributed by atoms with Gasteiger partial charge in [0.25, 0.3) is 5.69 Å². The number of nitro groups is 1. The summed E-state index contributed by atoms with van der Waals surface area (Å²) in [5, 5.41) is 13.7. The number of benzene rings is 1. The van der Waals surface area contributed by atoms with Gasteiger partial charge in [0.15, 0.2) is 0 Å². The lowest BCUT2D eigenvalue weighted by atomic mass is 9.96. The van der Waals surface area contributed by atoms with Gasteiger partial charge in [0.05, 0.1) is 4.92 Å². The molecule has 1 fully saturated rings. The summed E-state index contributed by atoms with van der Waals surface area (Å²) in [5.74, 6) is 0.590. The van der Waals surface area contributed by atoms with E-state index in [0.717, 1.165) is 19.4 Å². The van der Waals surface area contributed by atoms with Gasteiger partial charge in [0, 0.05) is 31.7 Å². The molecular formula is C17H26N4O3. The van der Waals surface area contributed by atoms with E-state index in [1.54, 1.807) is 23.1 Å². The van der Waals surface area contributed by atoms with E-state index in [2.05, 4.69) is 31.1 Å². The maximum absolute atomic E-state index is 12.4. The van der Waals surface area contributed by atoms with Gasteiger partial charge in [-0.3, -0.25) is 10.1 Å². The van der Waals surface area contributed by atoms with Crippen molar-refractivity contribution in [2.24, 2.45) is 5.92 Å². The lowest BCUT2D eigenvalue weighted by Gasteiger charge is -2.34. The first-order chi connectivity index (χ1) is 11.4. The third-order valence-electron chi connectivity index (χ3n) is 4.67. The number of carbonyl (C=O) groups excluding carboxylic acids is 1. The number of hydrogen-bond acceptors (Lipinski definition) is 4. The Hall–Kier alpha value is -2.15. The lowest BCUT2D eigenvalue weighted by Crippen LogP contribution is -2.43. The molecule has 132 valence electrons. The van der Waals surface area contributed by atoms with Crippen LogP contribution in [0, 0.1) is 16.0 Å². The van der Waals surface area contributed by atoms with Crippen molar-refractivity contribution >= 4 is 17.4 Å². The highest BCUT2D eigenvalue weighted by Crippen LogP contribution is 2.25. The van der Waals surface area contributed by atoms with Crippen LogP contribution in [0.5, 0.6) is 0 Å². The molecule has 2 rings (SSSR count). The fourth-order valence-electron chi connectivity index (χ4n) is 2.87. The fraction of sp³-hybridized carbons (Fsp3) is 0.588. The number of nitrogens with zero attached hydrogens (tertiary/aromatic N) is 3. The number of rotatable bonds is 5. The molecule has 1 aromatic rings. The molecule has 24 heavy (non-hydrogen) atoms. The maximum atomic E-state index is 12.4. The van der Waals surface area contributed by atoms with E-state index < -0.39 is 4.92 Å². The second-order valence-corrected chi connectivity index (χ2v) is 6.67. The van der Waals surface area contributed by atoms with Crippen molar-refractivity contribution in [1.29, 1.82) is 0 Å². The lowest BCUT2D eigenvalue weighted by molar-refractivity contribution is -0.383. The van der Waals surface area contributed by atoms with Crippen molar-refractivity contribution in [2.45, 2.75) is 32.7 Å². The van der Waals surface area contributed by atoms with Crippen LogP contribution in [0.1, 0.15) is 26.7 Å². The van der Waals surface area contributed by atoms with Crippen molar-refractivity contribution in [3.05, 3.63) is 34.4 Å². The number of urea groups is 1. The van der Waals surface area contributed by atoms with E-state index >= 15 is 0 Å². The first-order valence-electron chi connectivity index (χ1n) is 8.38. The molecule has 1 aliphatic rings. The van der Waals surface area contributed by atoms with Gasteiger partial charge in [-0.25, -0.2) is 4.79 Å². The quantitative estimate of drug-likeness (QED) is 0.662. The fourth-order valence-corrected chi connectivity index (χ4v) is 2.87. The Morgan fingerprint density at radius 1 is 1.38 bits per heavy atom. The highest BCUT2D eigenvalue weighted by molar-refractivity contribution is 5.91. The minimum absolute atomic E-state index is 0.0840. The SMILES string of the molecule is CC(C)N(C)CC1CCN(C(=O)Nc2ccccc2[N+](=O)[O-])CC1. The largest absolute Gasteiger partial charge is 0.325 e. The third-order valence-corrected chi connectivity index (χ3v) is 4.67. The molecule has 0 aromatic heterocycles. The smallest absolute Gasteiger partial charge is 0.322 e. The Labute approximate surface area is 142 Å². The normalized spacial score (nSPS) is 15.8. The summed E-state index contributed by atoms with van der Waals surface area (Å²) in [6, 6.07) is 6.47. The first-order valence-corrected chi connectivity index (χ1v) is 8.38. The molecule has 1 heterocycles. The van der Waals surface area contributed by atoms with Crippen molar-refractivity contribution in [3.8, 4) is 0 Å². The van der Waals surface area contributed by atoms with Gasteiger partial charge in [-0.2, -0.15) is 0 Å². The molecule has 1 saturated heterocycles. The minimum Gasteiger partial charge on any atom is -0.325 e. The molecule has 0 spiro atoms. The predicted octanol–water partition coefficient (Wildman–Crippen LogP) is 3.18. The van der Waals surface area contributed by atoms with Gasteiger partial charge < -0.3 is 15.1 Å². The van der Waals surface area contributed by atoms with Gasteiger partial charge in [0.2, 0.25) is 0 Å². The number of piperidine rings is 1. The monoisotopic (exact) mass is 334 g/mol. The summed E-state index contributed by atoms with van der Waals surface area (Å²) < 4.78 is 0. The number of amides is 2. The molecule has 0 aliphatic carbocycles. The minimum atomic E-state index is -0.483. The van der Waals surface area contributed by atoms with Crippen LogP contribution >= 0.6 is 0 Å². The molecular weight excluding hydrogens is 308 g/mol. The van der Waals surface area contributed by atoms with E-state index in [1.807, 2.05) is 0 Å². The number of carbonyl (C=O) groups is 1. The van der Waals surface area contributed by atoms with Crippen LogP contribution < -0.4 is 5.32 Å². The van der Waals surface area contributed by atoms with E-state index in [0.29, 0.717) is 25.0 Å². The maximum Gasteiger partial charge on any atom is 0.322 e. The van der Waals surface area contributed by atoms with E-state index in [-0.39, 0.29) is 17.4 Å². The summed E-state index contributed by atoms with van der Waals surface area (Å²) >= 11 is 0. The number of nitrogens with one attached hydrogen (secondary N) is 1. The van der Waals surface area contributed by atoms with Crippen LogP contribution in [0.3, 0.4) is 0 Å². The number of hydrogen-bond donors (Lipinski definition) is 1. The Kier molecular flexibility index (Phi) is 6.14. The van der Waals surface area contributed by atoms with Crippen molar-refractivity contribution in [2.75, 3.05) is 32.0 Å². The second-order valence-electron chi connectivity index (χ2n) is 6.67. The Morgan fingerprint density at radius 3 is 2.58 bits per heavy atom. The van der Waals surface area contributed by atoms with Crippen LogP contribution in [0.4, 0.5) is 16.2 Å². The van der Waals surface area contributed by atoms with Crippen LogP contribution in [-0.2, 0) is 0 Å². The molecule has 1 N–H and O–H groups in total. The van der Waals surface area contributed by atoms with Crippen LogP contribution in [0.2, 0.25) is 0 Å². The molecule has 1 aliphatic heterocycles. The average Bonchev–Trinajstić information content (AvgIpc) is 2.55. The summed E-state index contributed by atoms with van der Waals surface area (Å²) in [6.07, 6.45) is 1.92.